The second-order valence-electron chi connectivity index (χ2n) is 8.39. The van der Waals surface area contributed by atoms with E-state index in [1.807, 2.05) is 30.5 Å². The summed E-state index contributed by atoms with van der Waals surface area (Å²) in [5.41, 5.74) is -0.484. The Labute approximate surface area is 169 Å². The molecule has 0 bridgehead atoms. The molecule has 3 rings (SSSR count). The van der Waals surface area contributed by atoms with E-state index in [1.54, 1.807) is 11.3 Å². The summed E-state index contributed by atoms with van der Waals surface area (Å²) in [4.78, 5) is 1.08. The first-order valence-corrected chi connectivity index (χ1v) is 10.6. The molecule has 6 heteroatoms. The van der Waals surface area contributed by atoms with Gasteiger partial charge in [-0.1, -0.05) is 31.2 Å². The summed E-state index contributed by atoms with van der Waals surface area (Å²) in [5, 5.41) is 5.59. The molecule has 1 aromatic carbocycles. The van der Waals surface area contributed by atoms with Gasteiger partial charge in [-0.05, 0) is 62.7 Å². The zero-order valence-electron chi connectivity index (χ0n) is 16.6. The van der Waals surface area contributed by atoms with Crippen molar-refractivity contribution >= 4 is 11.3 Å². The minimum atomic E-state index is -4.34. The van der Waals surface area contributed by atoms with Crippen molar-refractivity contribution in [3.63, 3.8) is 0 Å². The molecule has 0 radical (unpaired) electrons. The van der Waals surface area contributed by atoms with Crippen LogP contribution < -0.4 is 5.32 Å². The van der Waals surface area contributed by atoms with Crippen molar-refractivity contribution in [2.75, 3.05) is 13.2 Å². The van der Waals surface area contributed by atoms with Crippen LogP contribution in [-0.4, -0.2) is 24.8 Å². The van der Waals surface area contributed by atoms with Crippen LogP contribution in [0.4, 0.5) is 13.2 Å². The first-order chi connectivity index (χ1) is 13.1. The van der Waals surface area contributed by atoms with Gasteiger partial charge in [0.15, 0.2) is 0 Å². The van der Waals surface area contributed by atoms with E-state index in [9.17, 15) is 13.2 Å². The molecule has 1 N–H and O–H groups in total. The van der Waals surface area contributed by atoms with E-state index < -0.39 is 17.2 Å². The molecule has 2 nitrogen and oxygen atoms in total. The highest BCUT2D eigenvalue weighted by molar-refractivity contribution is 7.10. The predicted molar refractivity (Wildman–Crippen MR) is 108 cm³/mol. The Morgan fingerprint density at radius 3 is 2.57 bits per heavy atom. The molecule has 0 amide bonds. The summed E-state index contributed by atoms with van der Waals surface area (Å²) in [6.07, 6.45) is -1.71. The van der Waals surface area contributed by atoms with Crippen molar-refractivity contribution in [1.29, 1.82) is 0 Å². The maximum atomic E-state index is 13.2. The molecular formula is C22H28F3NOS. The molecule has 1 aliphatic rings. The number of rotatable bonds is 6. The number of hydrogen-bond acceptors (Lipinski definition) is 3. The van der Waals surface area contributed by atoms with Crippen molar-refractivity contribution in [2.24, 2.45) is 0 Å². The number of nitrogens with one attached hydrogen (secondary N) is 1. The number of benzene rings is 1. The first kappa shape index (κ1) is 21.3. The van der Waals surface area contributed by atoms with Crippen molar-refractivity contribution < 1.29 is 17.9 Å². The second-order valence-corrected chi connectivity index (χ2v) is 9.34. The highest BCUT2D eigenvalue weighted by Crippen LogP contribution is 2.40. The van der Waals surface area contributed by atoms with E-state index in [4.69, 9.17) is 4.74 Å². The molecule has 1 saturated heterocycles. The zero-order chi connectivity index (χ0) is 20.4. The van der Waals surface area contributed by atoms with Crippen LogP contribution in [0.1, 0.15) is 56.0 Å². The highest BCUT2D eigenvalue weighted by Gasteiger charge is 2.35. The lowest BCUT2D eigenvalue weighted by Gasteiger charge is -2.37. The van der Waals surface area contributed by atoms with E-state index in [-0.39, 0.29) is 5.60 Å². The van der Waals surface area contributed by atoms with Crippen molar-refractivity contribution in [3.8, 4) is 0 Å². The minimum Gasteiger partial charge on any atom is -0.375 e. The van der Waals surface area contributed by atoms with Crippen LogP contribution in [0, 0.1) is 0 Å². The van der Waals surface area contributed by atoms with Crippen LogP contribution in [0.2, 0.25) is 0 Å². The molecule has 1 aromatic heterocycles. The SMILES string of the molecule is CC1(C)C[C@@H](NCC[C@](C)(c2cccc(C(F)(F)F)c2)c2cccs2)CCO1. The van der Waals surface area contributed by atoms with Crippen molar-refractivity contribution in [3.05, 3.63) is 57.8 Å². The average Bonchev–Trinajstić information content (AvgIpc) is 3.15. The normalized spacial score (nSPS) is 22.0. The van der Waals surface area contributed by atoms with Gasteiger partial charge in [0.2, 0.25) is 0 Å². The molecule has 0 unspecified atom stereocenters. The number of alkyl halides is 3. The third kappa shape index (κ3) is 4.97. The van der Waals surface area contributed by atoms with Gasteiger partial charge in [0.05, 0.1) is 11.2 Å². The third-order valence-corrected chi connectivity index (χ3v) is 6.78. The molecule has 0 aliphatic carbocycles. The molecule has 2 aromatic rings. The van der Waals surface area contributed by atoms with Gasteiger partial charge in [0.25, 0.3) is 0 Å². The summed E-state index contributed by atoms with van der Waals surface area (Å²) in [6, 6.07) is 10.1. The fourth-order valence-electron chi connectivity index (χ4n) is 3.97. The van der Waals surface area contributed by atoms with Crippen LogP contribution in [-0.2, 0) is 16.3 Å². The summed E-state index contributed by atoms with van der Waals surface area (Å²) in [6.45, 7) is 7.72. The van der Waals surface area contributed by atoms with Crippen LogP contribution in [0.3, 0.4) is 0 Å². The van der Waals surface area contributed by atoms with Crippen LogP contribution in [0.15, 0.2) is 41.8 Å². The maximum absolute atomic E-state index is 13.2. The zero-order valence-corrected chi connectivity index (χ0v) is 17.4. The smallest absolute Gasteiger partial charge is 0.375 e. The van der Waals surface area contributed by atoms with Gasteiger partial charge in [-0.15, -0.1) is 11.3 Å². The van der Waals surface area contributed by atoms with E-state index in [0.717, 1.165) is 43.4 Å². The first-order valence-electron chi connectivity index (χ1n) is 9.69. The van der Waals surface area contributed by atoms with E-state index >= 15 is 0 Å². The van der Waals surface area contributed by atoms with Gasteiger partial charge in [-0.25, -0.2) is 0 Å². The van der Waals surface area contributed by atoms with Gasteiger partial charge in [-0.3, -0.25) is 0 Å². The lowest BCUT2D eigenvalue weighted by atomic mass is 9.77. The fourth-order valence-corrected chi connectivity index (χ4v) is 4.91. The molecule has 0 spiro atoms. The quantitative estimate of drug-likeness (QED) is 0.628. The molecular weight excluding hydrogens is 383 g/mol. The Kier molecular flexibility index (Phi) is 6.23. The molecule has 0 saturated carbocycles. The second kappa shape index (κ2) is 8.17. The lowest BCUT2D eigenvalue weighted by molar-refractivity contribution is -0.137. The Bertz CT molecular complexity index is 772. The molecule has 28 heavy (non-hydrogen) atoms. The third-order valence-electron chi connectivity index (χ3n) is 5.65. The van der Waals surface area contributed by atoms with Gasteiger partial charge in [0.1, 0.15) is 0 Å². The molecule has 154 valence electrons. The number of halogens is 3. The Hall–Kier alpha value is -1.37. The molecule has 2 heterocycles. The van der Waals surface area contributed by atoms with Crippen LogP contribution >= 0.6 is 11.3 Å². The standard InChI is InChI=1S/C22H28F3NOS/c1-20(2)15-18(9-12-27-20)26-11-10-21(3,19-8-5-13-28-19)16-6-4-7-17(14-16)22(23,24)25/h4-8,13-14,18,26H,9-12,15H2,1-3H3/t18-,21+/m0/s1. The molecule has 1 aliphatic heterocycles. The minimum absolute atomic E-state index is 0.131. The summed E-state index contributed by atoms with van der Waals surface area (Å²) in [5.74, 6) is 0. The van der Waals surface area contributed by atoms with Crippen LogP contribution in [0.25, 0.3) is 0 Å². The van der Waals surface area contributed by atoms with Crippen LogP contribution in [0.5, 0.6) is 0 Å². The molecule has 1 fully saturated rings. The van der Waals surface area contributed by atoms with Gasteiger partial charge in [-0.2, -0.15) is 13.2 Å². The summed E-state index contributed by atoms with van der Waals surface area (Å²) in [7, 11) is 0. The fraction of sp³-hybridized carbons (Fsp3) is 0.545. The Balaban J connectivity index is 1.78. The van der Waals surface area contributed by atoms with Crippen molar-refractivity contribution in [2.45, 2.75) is 63.3 Å². The van der Waals surface area contributed by atoms with E-state index in [2.05, 4.69) is 19.2 Å². The number of hydrogen-bond donors (Lipinski definition) is 1. The Morgan fingerprint density at radius 2 is 1.93 bits per heavy atom. The monoisotopic (exact) mass is 411 g/mol. The largest absolute Gasteiger partial charge is 0.416 e. The Morgan fingerprint density at radius 1 is 1.18 bits per heavy atom. The van der Waals surface area contributed by atoms with Gasteiger partial charge >= 0.3 is 6.18 Å². The van der Waals surface area contributed by atoms with E-state index in [0.29, 0.717) is 11.6 Å². The van der Waals surface area contributed by atoms with Gasteiger partial charge in [0, 0.05) is 22.9 Å². The maximum Gasteiger partial charge on any atom is 0.416 e. The summed E-state index contributed by atoms with van der Waals surface area (Å²) >= 11 is 1.59. The lowest BCUT2D eigenvalue weighted by Crippen LogP contribution is -2.44. The average molecular weight is 412 g/mol. The predicted octanol–water partition coefficient (Wildman–Crippen LogP) is 6.01. The molecule has 2 atom stereocenters. The number of ether oxygens (including phenoxy) is 1. The van der Waals surface area contributed by atoms with E-state index in [1.165, 1.54) is 12.1 Å². The summed E-state index contributed by atoms with van der Waals surface area (Å²) < 4.78 is 45.5. The topological polar surface area (TPSA) is 21.3 Å². The highest BCUT2D eigenvalue weighted by atomic mass is 32.1. The number of thiophene rings is 1. The van der Waals surface area contributed by atoms with Crippen molar-refractivity contribution in [1.82, 2.24) is 5.32 Å². The van der Waals surface area contributed by atoms with Gasteiger partial charge < -0.3 is 10.1 Å².